The molecule has 11 heteroatoms. The Balaban J connectivity index is 1.38. The quantitative estimate of drug-likeness (QED) is 0.150. The molecule has 0 aliphatic heterocycles. The zero-order valence-electron chi connectivity index (χ0n) is 24.3. The van der Waals surface area contributed by atoms with E-state index in [2.05, 4.69) is 30.3 Å². The van der Waals surface area contributed by atoms with Crippen molar-refractivity contribution in [2.45, 2.75) is 23.6 Å². The molecule has 0 aromatic heterocycles. The fraction of sp³-hybridized carbons (Fsp3) is 0.250. The van der Waals surface area contributed by atoms with Gasteiger partial charge in [-0.15, -0.1) is 0 Å². The summed E-state index contributed by atoms with van der Waals surface area (Å²) in [4.78, 5) is 4.41. The van der Waals surface area contributed by atoms with Gasteiger partial charge in [-0.25, -0.2) is 8.42 Å². The van der Waals surface area contributed by atoms with Gasteiger partial charge in [-0.05, 0) is 111 Å². The number of anilines is 2. The monoisotopic (exact) mass is 600 g/mol. The molecular weight excluding hydrogens is 564 g/mol. The van der Waals surface area contributed by atoms with Gasteiger partial charge in [0.1, 0.15) is 0 Å². The van der Waals surface area contributed by atoms with E-state index in [-0.39, 0.29) is 23.0 Å². The standard InChI is InChI=1S/C32H36N6O4S/c1-3-37(21-23-39)29-13-5-25(6-14-29)33-35-27-9-17-31(18-10-27)43(41,42)32-19-11-28(12-20-32)36-34-26-7-15-30(16-8-26)38(4-2)22-24-40/h5-20,39-40H,3-4,21-24H2,1-2H3. The van der Waals surface area contributed by atoms with Crippen LogP contribution >= 0.6 is 0 Å². The van der Waals surface area contributed by atoms with Crippen LogP contribution in [-0.2, 0) is 9.84 Å². The minimum Gasteiger partial charge on any atom is -0.395 e. The molecule has 2 N–H and O–H groups in total. The number of benzene rings is 4. The number of aliphatic hydroxyl groups is 2. The average Bonchev–Trinajstić information content (AvgIpc) is 3.05. The molecule has 0 fully saturated rings. The number of aliphatic hydroxyl groups excluding tert-OH is 2. The van der Waals surface area contributed by atoms with E-state index < -0.39 is 9.84 Å². The number of rotatable bonds is 14. The fourth-order valence-corrected chi connectivity index (χ4v) is 5.65. The summed E-state index contributed by atoms with van der Waals surface area (Å²) < 4.78 is 26.4. The zero-order chi connectivity index (χ0) is 30.7. The molecule has 4 aromatic carbocycles. The summed E-state index contributed by atoms with van der Waals surface area (Å²) in [5, 5.41) is 35.4. The van der Waals surface area contributed by atoms with E-state index in [4.69, 9.17) is 0 Å². The second-order valence-corrected chi connectivity index (χ2v) is 11.5. The molecule has 0 radical (unpaired) electrons. The largest absolute Gasteiger partial charge is 0.395 e. The molecular formula is C32H36N6O4S. The lowest BCUT2D eigenvalue weighted by molar-refractivity contribution is 0.302. The van der Waals surface area contributed by atoms with Crippen molar-refractivity contribution in [3.63, 3.8) is 0 Å². The third-order valence-corrected chi connectivity index (χ3v) is 8.57. The van der Waals surface area contributed by atoms with E-state index in [0.717, 1.165) is 24.5 Å². The predicted octanol–water partition coefficient (Wildman–Crippen LogP) is 6.99. The predicted molar refractivity (Wildman–Crippen MR) is 170 cm³/mol. The van der Waals surface area contributed by atoms with Crippen molar-refractivity contribution in [3.05, 3.63) is 97.1 Å². The summed E-state index contributed by atoms with van der Waals surface area (Å²) in [6.45, 7) is 6.91. The molecule has 0 atom stereocenters. The molecule has 0 unspecified atom stereocenters. The Kier molecular flexibility index (Phi) is 11.1. The highest BCUT2D eigenvalue weighted by molar-refractivity contribution is 7.91. The Morgan fingerprint density at radius 1 is 0.512 bits per heavy atom. The molecule has 0 aliphatic carbocycles. The molecule has 4 rings (SSSR count). The molecule has 0 bridgehead atoms. The van der Waals surface area contributed by atoms with E-state index >= 15 is 0 Å². The van der Waals surface area contributed by atoms with Crippen molar-refractivity contribution < 1.29 is 18.6 Å². The Hall–Kier alpha value is -4.45. The Morgan fingerprint density at radius 3 is 1.05 bits per heavy atom. The van der Waals surface area contributed by atoms with Gasteiger partial charge in [0, 0.05) is 37.6 Å². The van der Waals surface area contributed by atoms with Gasteiger partial charge in [-0.1, -0.05) is 0 Å². The van der Waals surface area contributed by atoms with Crippen LogP contribution in [0.3, 0.4) is 0 Å². The molecule has 224 valence electrons. The molecule has 0 spiro atoms. The molecule has 0 saturated carbocycles. The molecule has 0 aliphatic rings. The Bertz CT molecular complexity index is 1490. The molecule has 0 amide bonds. The molecule has 4 aromatic rings. The zero-order valence-corrected chi connectivity index (χ0v) is 25.1. The van der Waals surface area contributed by atoms with Crippen LogP contribution in [-0.4, -0.2) is 58.0 Å². The highest BCUT2D eigenvalue weighted by Crippen LogP contribution is 2.28. The summed E-state index contributed by atoms with van der Waals surface area (Å²) in [6.07, 6.45) is 0. The summed E-state index contributed by atoms with van der Waals surface area (Å²) in [6, 6.07) is 27.6. The fourth-order valence-electron chi connectivity index (χ4n) is 4.39. The average molecular weight is 601 g/mol. The lowest BCUT2D eigenvalue weighted by Crippen LogP contribution is -2.25. The minimum atomic E-state index is -3.74. The lowest BCUT2D eigenvalue weighted by atomic mass is 10.2. The van der Waals surface area contributed by atoms with Crippen LogP contribution in [0.5, 0.6) is 0 Å². The maximum atomic E-state index is 13.2. The van der Waals surface area contributed by atoms with Crippen molar-refractivity contribution in [3.8, 4) is 0 Å². The van der Waals surface area contributed by atoms with E-state index in [0.29, 0.717) is 35.8 Å². The van der Waals surface area contributed by atoms with Gasteiger partial charge in [0.2, 0.25) is 9.84 Å². The van der Waals surface area contributed by atoms with Crippen molar-refractivity contribution in [2.75, 3.05) is 49.2 Å². The van der Waals surface area contributed by atoms with Gasteiger partial charge in [-0.3, -0.25) is 0 Å². The lowest BCUT2D eigenvalue weighted by Gasteiger charge is -2.21. The Morgan fingerprint density at radius 2 is 0.791 bits per heavy atom. The topological polar surface area (TPSA) is 131 Å². The Labute approximate surface area is 252 Å². The number of likely N-dealkylation sites (N-methyl/N-ethyl adjacent to an activating group) is 2. The molecule has 0 saturated heterocycles. The first-order valence-electron chi connectivity index (χ1n) is 14.1. The van der Waals surface area contributed by atoms with Crippen molar-refractivity contribution in [1.29, 1.82) is 0 Å². The van der Waals surface area contributed by atoms with Crippen LogP contribution in [0, 0.1) is 0 Å². The smallest absolute Gasteiger partial charge is 0.206 e. The van der Waals surface area contributed by atoms with E-state index in [1.165, 1.54) is 24.3 Å². The second-order valence-electron chi connectivity index (χ2n) is 9.53. The van der Waals surface area contributed by atoms with Gasteiger partial charge in [0.25, 0.3) is 0 Å². The summed E-state index contributed by atoms with van der Waals surface area (Å²) in [5.41, 5.74) is 4.36. The van der Waals surface area contributed by atoms with Gasteiger partial charge in [0.05, 0.1) is 45.8 Å². The highest BCUT2D eigenvalue weighted by atomic mass is 32.2. The van der Waals surface area contributed by atoms with Gasteiger partial charge < -0.3 is 20.0 Å². The number of hydrogen-bond donors (Lipinski definition) is 2. The van der Waals surface area contributed by atoms with Crippen LogP contribution < -0.4 is 9.80 Å². The van der Waals surface area contributed by atoms with Crippen molar-refractivity contribution >= 4 is 44.0 Å². The maximum absolute atomic E-state index is 13.2. The van der Waals surface area contributed by atoms with Crippen LogP contribution in [0.4, 0.5) is 34.1 Å². The van der Waals surface area contributed by atoms with Crippen LogP contribution in [0.25, 0.3) is 0 Å². The van der Waals surface area contributed by atoms with E-state index in [1.807, 2.05) is 62.4 Å². The first-order chi connectivity index (χ1) is 20.9. The van der Waals surface area contributed by atoms with Crippen molar-refractivity contribution in [2.24, 2.45) is 20.5 Å². The third-order valence-electron chi connectivity index (χ3n) is 6.79. The first kappa shape index (κ1) is 31.5. The third kappa shape index (κ3) is 8.31. The molecule has 10 nitrogen and oxygen atoms in total. The molecule has 43 heavy (non-hydrogen) atoms. The summed E-state index contributed by atoms with van der Waals surface area (Å²) in [5.74, 6) is 0. The normalized spacial score (nSPS) is 11.8. The SMILES string of the molecule is CCN(CCO)c1ccc(N=Nc2ccc(S(=O)(=O)c3ccc(N=Nc4ccc(N(CC)CCO)cc4)cc3)cc2)cc1. The van der Waals surface area contributed by atoms with Crippen LogP contribution in [0.1, 0.15) is 13.8 Å². The van der Waals surface area contributed by atoms with Crippen molar-refractivity contribution in [1.82, 2.24) is 0 Å². The second kappa shape index (κ2) is 15.1. The van der Waals surface area contributed by atoms with Gasteiger partial charge >= 0.3 is 0 Å². The van der Waals surface area contributed by atoms with E-state index in [1.54, 1.807) is 24.3 Å². The van der Waals surface area contributed by atoms with Crippen LogP contribution in [0.2, 0.25) is 0 Å². The number of azo groups is 2. The number of sulfone groups is 1. The minimum absolute atomic E-state index is 0.0837. The summed E-state index contributed by atoms with van der Waals surface area (Å²) in [7, 11) is -3.74. The summed E-state index contributed by atoms with van der Waals surface area (Å²) >= 11 is 0. The molecule has 0 heterocycles. The van der Waals surface area contributed by atoms with E-state index in [9.17, 15) is 18.6 Å². The van der Waals surface area contributed by atoms with Gasteiger partial charge in [0.15, 0.2) is 0 Å². The number of hydrogen-bond acceptors (Lipinski definition) is 10. The number of nitrogens with zero attached hydrogens (tertiary/aromatic N) is 6. The first-order valence-corrected chi connectivity index (χ1v) is 15.6. The maximum Gasteiger partial charge on any atom is 0.206 e. The highest BCUT2D eigenvalue weighted by Gasteiger charge is 2.17. The van der Waals surface area contributed by atoms with Crippen LogP contribution in [0.15, 0.2) is 127 Å². The van der Waals surface area contributed by atoms with Gasteiger partial charge in [-0.2, -0.15) is 20.5 Å².